The smallest absolute Gasteiger partial charge is 0.312 e. The molecule has 0 spiro atoms. The number of methoxy groups -OCH3 is 1. The first-order valence-electron chi connectivity index (χ1n) is 7.62. The number of ether oxygens (including phenoxy) is 1. The van der Waals surface area contributed by atoms with E-state index in [0.717, 1.165) is 12.1 Å². The van der Waals surface area contributed by atoms with Gasteiger partial charge in [0.15, 0.2) is 11.6 Å². The van der Waals surface area contributed by atoms with Gasteiger partial charge in [0, 0.05) is 18.8 Å². The van der Waals surface area contributed by atoms with Crippen molar-refractivity contribution >= 4 is 11.8 Å². The van der Waals surface area contributed by atoms with Crippen LogP contribution in [-0.2, 0) is 4.79 Å². The van der Waals surface area contributed by atoms with Gasteiger partial charge in [-0.1, -0.05) is 13.3 Å². The summed E-state index contributed by atoms with van der Waals surface area (Å²) in [6.45, 7) is 4.62. The molecule has 122 valence electrons. The fraction of sp³-hybridized carbons (Fsp3) is 0.625. The van der Waals surface area contributed by atoms with Crippen molar-refractivity contribution in [3.8, 4) is 5.75 Å². The van der Waals surface area contributed by atoms with Crippen LogP contribution in [0, 0.1) is 12.3 Å². The molecule has 2 atom stereocenters. The molecule has 6 nitrogen and oxygen atoms in total. The van der Waals surface area contributed by atoms with Crippen molar-refractivity contribution in [1.82, 2.24) is 4.98 Å². The van der Waals surface area contributed by atoms with E-state index < -0.39 is 17.5 Å². The number of nitrogens with zero attached hydrogens (tertiary/aromatic N) is 2. The number of aliphatic carboxylic acids is 1. The summed E-state index contributed by atoms with van der Waals surface area (Å²) >= 11 is 0. The Morgan fingerprint density at radius 3 is 2.82 bits per heavy atom. The van der Waals surface area contributed by atoms with E-state index in [0.29, 0.717) is 31.0 Å². The van der Waals surface area contributed by atoms with Gasteiger partial charge in [0.1, 0.15) is 0 Å². The number of carboxylic acid groups (broad SMARTS) is 1. The Morgan fingerprint density at radius 2 is 2.27 bits per heavy atom. The van der Waals surface area contributed by atoms with Crippen LogP contribution in [0.3, 0.4) is 0 Å². The second-order valence-electron chi connectivity index (χ2n) is 5.90. The summed E-state index contributed by atoms with van der Waals surface area (Å²) in [6, 6.07) is 3.70. The highest BCUT2D eigenvalue weighted by atomic mass is 16.5. The normalized spacial score (nSPS) is 25.1. The maximum absolute atomic E-state index is 11.7. The number of aryl methyl sites for hydroxylation is 1. The maximum Gasteiger partial charge on any atom is 0.312 e. The van der Waals surface area contributed by atoms with Gasteiger partial charge < -0.3 is 19.8 Å². The van der Waals surface area contributed by atoms with Crippen LogP contribution in [0.1, 0.15) is 31.9 Å². The van der Waals surface area contributed by atoms with E-state index in [2.05, 4.69) is 4.98 Å². The minimum atomic E-state index is -1.05. The van der Waals surface area contributed by atoms with Crippen molar-refractivity contribution in [2.24, 2.45) is 5.41 Å². The molecule has 1 saturated heterocycles. The molecule has 2 heterocycles. The van der Waals surface area contributed by atoms with Crippen molar-refractivity contribution < 1.29 is 19.7 Å². The first kappa shape index (κ1) is 16.5. The van der Waals surface area contributed by atoms with Crippen LogP contribution in [0.15, 0.2) is 12.1 Å². The maximum atomic E-state index is 11.7. The quantitative estimate of drug-likeness (QED) is 0.863. The summed E-state index contributed by atoms with van der Waals surface area (Å²) in [7, 11) is 1.58. The van der Waals surface area contributed by atoms with Gasteiger partial charge in [0.2, 0.25) is 0 Å². The lowest BCUT2D eigenvalue weighted by Crippen LogP contribution is -2.55. The van der Waals surface area contributed by atoms with E-state index in [1.54, 1.807) is 7.11 Å². The third-order valence-corrected chi connectivity index (χ3v) is 4.48. The molecule has 1 aromatic heterocycles. The number of rotatable bonds is 5. The van der Waals surface area contributed by atoms with Crippen LogP contribution in [0.25, 0.3) is 0 Å². The first-order valence-corrected chi connectivity index (χ1v) is 7.62. The Labute approximate surface area is 130 Å². The molecule has 2 N–H and O–H groups in total. The third kappa shape index (κ3) is 2.88. The average molecular weight is 308 g/mol. The third-order valence-electron chi connectivity index (χ3n) is 4.48. The number of hydrogen-bond acceptors (Lipinski definition) is 5. The van der Waals surface area contributed by atoms with E-state index in [1.807, 2.05) is 30.9 Å². The largest absolute Gasteiger partial charge is 0.493 e. The molecule has 0 radical (unpaired) electrons. The van der Waals surface area contributed by atoms with Gasteiger partial charge in [-0.05, 0) is 31.9 Å². The lowest BCUT2D eigenvalue weighted by molar-refractivity contribution is -0.159. The van der Waals surface area contributed by atoms with Gasteiger partial charge >= 0.3 is 5.97 Å². The minimum Gasteiger partial charge on any atom is -0.493 e. The van der Waals surface area contributed by atoms with Crippen molar-refractivity contribution in [2.75, 3.05) is 25.1 Å². The second-order valence-corrected chi connectivity index (χ2v) is 5.90. The molecule has 1 aliphatic rings. The number of aromatic nitrogens is 1. The number of pyridine rings is 1. The van der Waals surface area contributed by atoms with Gasteiger partial charge in [-0.15, -0.1) is 0 Å². The number of carboxylic acids is 1. The summed E-state index contributed by atoms with van der Waals surface area (Å²) in [4.78, 5) is 18.1. The topological polar surface area (TPSA) is 82.9 Å². The highest BCUT2D eigenvalue weighted by Crippen LogP contribution is 2.39. The summed E-state index contributed by atoms with van der Waals surface area (Å²) in [6.07, 6.45) is 0.687. The van der Waals surface area contributed by atoms with Gasteiger partial charge in [-0.2, -0.15) is 0 Å². The van der Waals surface area contributed by atoms with E-state index in [1.165, 1.54) is 0 Å². The van der Waals surface area contributed by atoms with E-state index in [9.17, 15) is 15.0 Å². The van der Waals surface area contributed by atoms with Crippen molar-refractivity contribution in [1.29, 1.82) is 0 Å². The number of anilines is 1. The molecule has 1 aromatic rings. The van der Waals surface area contributed by atoms with Crippen LogP contribution in [0.2, 0.25) is 0 Å². The van der Waals surface area contributed by atoms with Crippen molar-refractivity contribution in [3.63, 3.8) is 0 Å². The Balaban J connectivity index is 2.26. The molecule has 6 heteroatoms. The Kier molecular flexibility index (Phi) is 4.90. The van der Waals surface area contributed by atoms with Gasteiger partial charge in [0.05, 0.1) is 18.6 Å². The Hall–Kier alpha value is -1.82. The Morgan fingerprint density at radius 1 is 1.55 bits per heavy atom. The second kappa shape index (κ2) is 6.52. The molecule has 1 aliphatic heterocycles. The Bertz CT molecular complexity index is 549. The van der Waals surface area contributed by atoms with E-state index in [-0.39, 0.29) is 6.54 Å². The molecule has 0 unspecified atom stereocenters. The molecular weight excluding hydrogens is 284 g/mol. The molecule has 0 bridgehead atoms. The number of aliphatic hydroxyl groups excluding tert-OH is 1. The lowest BCUT2D eigenvalue weighted by Gasteiger charge is -2.43. The van der Waals surface area contributed by atoms with Gasteiger partial charge in [-0.25, -0.2) is 4.98 Å². The SMILES string of the molecule is CCC[C@]1(C(=O)O)CCN(c2nc(C)ccc2OC)C[C@@H]1O. The molecule has 1 fully saturated rings. The highest BCUT2D eigenvalue weighted by molar-refractivity contribution is 5.76. The number of β-amino-alcohol motifs (C(OH)–C–C–N with tert-alkyl or cyclic N) is 1. The molecule has 0 saturated carbocycles. The van der Waals surface area contributed by atoms with E-state index >= 15 is 0 Å². The molecular formula is C16H24N2O4. The predicted molar refractivity (Wildman–Crippen MR) is 83.3 cm³/mol. The van der Waals surface area contributed by atoms with Crippen LogP contribution in [0.4, 0.5) is 5.82 Å². The van der Waals surface area contributed by atoms with Crippen LogP contribution >= 0.6 is 0 Å². The summed E-state index contributed by atoms with van der Waals surface area (Å²) in [5, 5.41) is 20.1. The van der Waals surface area contributed by atoms with Crippen LogP contribution in [-0.4, -0.2) is 47.5 Å². The molecule has 0 aromatic carbocycles. The first-order chi connectivity index (χ1) is 10.4. The van der Waals surface area contributed by atoms with Crippen LogP contribution < -0.4 is 9.64 Å². The average Bonchev–Trinajstić information content (AvgIpc) is 2.49. The summed E-state index contributed by atoms with van der Waals surface area (Å²) in [5.74, 6) is 0.388. The highest BCUT2D eigenvalue weighted by Gasteiger charge is 2.48. The zero-order valence-corrected chi connectivity index (χ0v) is 13.4. The fourth-order valence-electron chi connectivity index (χ4n) is 3.18. The lowest BCUT2D eigenvalue weighted by atomic mass is 9.73. The number of aliphatic hydroxyl groups is 1. The summed E-state index contributed by atoms with van der Waals surface area (Å²) < 4.78 is 5.33. The molecule has 0 aliphatic carbocycles. The predicted octanol–water partition coefficient (Wildman–Crippen LogP) is 1.84. The summed E-state index contributed by atoms with van der Waals surface area (Å²) in [5.41, 5.74) is -0.198. The number of hydrogen-bond donors (Lipinski definition) is 2. The minimum absolute atomic E-state index is 0.249. The zero-order chi connectivity index (χ0) is 16.3. The standard InChI is InChI=1S/C16H24N2O4/c1-4-7-16(15(20)21)8-9-18(10-13(16)19)14-12(22-3)6-5-11(2)17-14/h5-6,13,19H,4,7-10H2,1-3H3,(H,20,21)/t13-,16-/m0/s1. The molecule has 0 amide bonds. The van der Waals surface area contributed by atoms with Gasteiger partial charge in [-0.3, -0.25) is 4.79 Å². The fourth-order valence-corrected chi connectivity index (χ4v) is 3.18. The van der Waals surface area contributed by atoms with Crippen LogP contribution in [0.5, 0.6) is 5.75 Å². The van der Waals surface area contributed by atoms with E-state index in [4.69, 9.17) is 4.74 Å². The monoisotopic (exact) mass is 308 g/mol. The molecule has 2 rings (SSSR count). The van der Waals surface area contributed by atoms with Gasteiger partial charge in [0.25, 0.3) is 0 Å². The zero-order valence-electron chi connectivity index (χ0n) is 13.4. The van der Waals surface area contributed by atoms with Crippen molar-refractivity contribution in [3.05, 3.63) is 17.8 Å². The number of piperidine rings is 1. The number of carbonyl (C=O) groups is 1. The molecule has 22 heavy (non-hydrogen) atoms. The van der Waals surface area contributed by atoms with Crippen molar-refractivity contribution in [2.45, 2.75) is 39.2 Å².